The van der Waals surface area contributed by atoms with Gasteiger partial charge in [0.2, 0.25) is 5.82 Å². The molecule has 0 atom stereocenters. The molecule has 0 aliphatic heterocycles. The first kappa shape index (κ1) is 17.8. The van der Waals surface area contributed by atoms with Crippen molar-refractivity contribution in [3.8, 4) is 28.6 Å². The maximum absolute atomic E-state index is 6.32. The molecule has 0 amide bonds. The van der Waals surface area contributed by atoms with Gasteiger partial charge in [0, 0.05) is 6.07 Å². The van der Waals surface area contributed by atoms with E-state index in [0.29, 0.717) is 27.9 Å². The molecule has 3 aromatic rings. The molecule has 26 heavy (non-hydrogen) atoms. The molecule has 0 bridgehead atoms. The van der Waals surface area contributed by atoms with Gasteiger partial charge in [0.1, 0.15) is 22.3 Å². The van der Waals surface area contributed by atoms with E-state index < -0.39 is 0 Å². The largest absolute Gasteiger partial charge is 0.497 e. The number of methoxy groups -OCH3 is 3. The van der Waals surface area contributed by atoms with Gasteiger partial charge in [-0.15, -0.1) is 0 Å². The molecule has 0 aliphatic rings. The molecule has 2 aromatic carbocycles. The van der Waals surface area contributed by atoms with Crippen molar-refractivity contribution in [2.24, 2.45) is 0 Å². The minimum Gasteiger partial charge on any atom is -0.497 e. The fourth-order valence-electron chi connectivity index (χ4n) is 2.32. The fraction of sp³-hybridized carbons (Fsp3) is 0.158. The molecule has 6 nitrogen and oxygen atoms in total. The zero-order valence-electron chi connectivity index (χ0n) is 14.5. The molecular weight excluding hydrogens is 356 g/mol. The van der Waals surface area contributed by atoms with Crippen LogP contribution in [0.15, 0.2) is 47.0 Å². The topological polar surface area (TPSA) is 66.6 Å². The first-order valence-electron chi connectivity index (χ1n) is 7.72. The molecule has 1 aromatic heterocycles. The van der Waals surface area contributed by atoms with Crippen LogP contribution in [0.1, 0.15) is 11.5 Å². The van der Waals surface area contributed by atoms with E-state index in [9.17, 15) is 0 Å². The van der Waals surface area contributed by atoms with Gasteiger partial charge >= 0.3 is 0 Å². The Labute approximate surface area is 156 Å². The lowest BCUT2D eigenvalue weighted by atomic mass is 10.2. The molecule has 0 radical (unpaired) electrons. The van der Waals surface area contributed by atoms with Gasteiger partial charge in [-0.2, -0.15) is 4.98 Å². The Morgan fingerprint density at radius 2 is 1.65 bits per heavy atom. The number of aromatic nitrogens is 2. The highest BCUT2D eigenvalue weighted by atomic mass is 35.5. The molecule has 1 heterocycles. The van der Waals surface area contributed by atoms with Gasteiger partial charge in [-0.25, -0.2) is 0 Å². The molecule has 7 heteroatoms. The van der Waals surface area contributed by atoms with Crippen molar-refractivity contribution in [3.63, 3.8) is 0 Å². The van der Waals surface area contributed by atoms with E-state index in [1.807, 2.05) is 24.3 Å². The first-order valence-corrected chi connectivity index (χ1v) is 8.10. The molecule has 0 unspecified atom stereocenters. The Morgan fingerprint density at radius 3 is 2.31 bits per heavy atom. The summed E-state index contributed by atoms with van der Waals surface area (Å²) in [5.74, 6) is 2.61. The number of rotatable bonds is 6. The fourth-order valence-corrected chi connectivity index (χ4v) is 2.52. The van der Waals surface area contributed by atoms with E-state index in [1.54, 1.807) is 45.6 Å². The summed E-state index contributed by atoms with van der Waals surface area (Å²) in [6.07, 6.45) is 1.74. The second-order valence-corrected chi connectivity index (χ2v) is 5.66. The molecule has 0 spiro atoms. The third kappa shape index (κ3) is 3.81. The molecule has 0 saturated carbocycles. The van der Waals surface area contributed by atoms with Crippen molar-refractivity contribution in [1.82, 2.24) is 10.1 Å². The Kier molecular flexibility index (Phi) is 5.43. The van der Waals surface area contributed by atoms with Crippen molar-refractivity contribution in [2.45, 2.75) is 0 Å². The number of nitrogens with zero attached hydrogens (tertiary/aromatic N) is 2. The van der Waals surface area contributed by atoms with E-state index in [2.05, 4.69) is 10.1 Å². The van der Waals surface area contributed by atoms with E-state index >= 15 is 0 Å². The monoisotopic (exact) mass is 372 g/mol. The van der Waals surface area contributed by atoms with Crippen LogP contribution in [-0.2, 0) is 0 Å². The third-order valence-electron chi connectivity index (χ3n) is 3.69. The normalized spacial score (nSPS) is 11.3. The Morgan fingerprint density at radius 1 is 0.962 bits per heavy atom. The van der Waals surface area contributed by atoms with Crippen molar-refractivity contribution < 1.29 is 18.7 Å². The second-order valence-electron chi connectivity index (χ2n) is 5.25. The van der Waals surface area contributed by atoms with Gasteiger partial charge < -0.3 is 18.7 Å². The Balaban J connectivity index is 1.88. The van der Waals surface area contributed by atoms with Crippen molar-refractivity contribution in [1.29, 1.82) is 0 Å². The van der Waals surface area contributed by atoms with Gasteiger partial charge in [0.15, 0.2) is 0 Å². The predicted molar refractivity (Wildman–Crippen MR) is 99.6 cm³/mol. The second kappa shape index (κ2) is 7.93. The van der Waals surface area contributed by atoms with Crippen molar-refractivity contribution >= 4 is 22.7 Å². The highest BCUT2D eigenvalue weighted by Gasteiger charge is 2.16. The van der Waals surface area contributed by atoms with Gasteiger partial charge in [0.25, 0.3) is 5.89 Å². The average molecular weight is 373 g/mol. The lowest BCUT2D eigenvalue weighted by Gasteiger charge is -2.07. The van der Waals surface area contributed by atoms with Crippen LogP contribution in [0, 0.1) is 0 Å². The van der Waals surface area contributed by atoms with Crippen LogP contribution in [-0.4, -0.2) is 31.5 Å². The minimum atomic E-state index is 0.218. The van der Waals surface area contributed by atoms with Crippen molar-refractivity contribution in [3.05, 3.63) is 53.9 Å². The predicted octanol–water partition coefficient (Wildman–Crippen LogP) is 4.50. The Hall–Kier alpha value is -2.99. The number of ether oxygens (including phenoxy) is 3. The lowest BCUT2D eigenvalue weighted by Crippen LogP contribution is -1.91. The average Bonchev–Trinajstić information content (AvgIpc) is 3.18. The maximum Gasteiger partial charge on any atom is 0.269 e. The Bertz CT molecular complexity index is 920. The summed E-state index contributed by atoms with van der Waals surface area (Å²) in [4.78, 5) is 4.35. The number of hydrogen-bond donors (Lipinski definition) is 0. The molecule has 0 fully saturated rings. The standard InChI is InChI=1S/C19H17ClN2O4/c1-23-13-6-4-12(5-7-13)10-16(20)19-21-18(22-26-19)15-9-8-14(24-2)11-17(15)25-3/h4-11H,1-3H3/b16-10-. The molecular formula is C19H17ClN2O4. The van der Waals surface area contributed by atoms with Crippen LogP contribution in [0.25, 0.3) is 22.5 Å². The van der Waals surface area contributed by atoms with Crippen LogP contribution in [0.4, 0.5) is 0 Å². The summed E-state index contributed by atoms with van der Waals surface area (Å²) in [6.45, 7) is 0. The molecule has 0 N–H and O–H groups in total. The van der Waals surface area contributed by atoms with Crippen LogP contribution in [0.5, 0.6) is 17.2 Å². The third-order valence-corrected chi connectivity index (χ3v) is 3.96. The van der Waals surface area contributed by atoms with Crippen LogP contribution in [0.3, 0.4) is 0 Å². The quantitative estimate of drug-likeness (QED) is 0.634. The molecule has 134 valence electrons. The number of benzene rings is 2. The lowest BCUT2D eigenvalue weighted by molar-refractivity contribution is 0.393. The number of hydrogen-bond acceptors (Lipinski definition) is 6. The molecule has 0 saturated heterocycles. The van der Waals surface area contributed by atoms with Gasteiger partial charge in [-0.1, -0.05) is 28.9 Å². The van der Waals surface area contributed by atoms with Crippen LogP contribution < -0.4 is 14.2 Å². The van der Waals surface area contributed by atoms with Gasteiger partial charge in [0.05, 0.1) is 26.9 Å². The summed E-state index contributed by atoms with van der Waals surface area (Å²) in [5, 5.41) is 4.32. The van der Waals surface area contributed by atoms with Gasteiger partial charge in [-0.3, -0.25) is 0 Å². The highest BCUT2D eigenvalue weighted by Crippen LogP contribution is 2.32. The summed E-state index contributed by atoms with van der Waals surface area (Å²) in [7, 11) is 4.77. The summed E-state index contributed by atoms with van der Waals surface area (Å²) < 4.78 is 21.0. The highest BCUT2D eigenvalue weighted by molar-refractivity contribution is 6.50. The van der Waals surface area contributed by atoms with Crippen LogP contribution >= 0.6 is 11.6 Å². The van der Waals surface area contributed by atoms with E-state index in [1.165, 1.54) is 0 Å². The zero-order chi connectivity index (χ0) is 18.5. The van der Waals surface area contributed by atoms with E-state index in [-0.39, 0.29) is 5.89 Å². The number of halogens is 1. The van der Waals surface area contributed by atoms with Gasteiger partial charge in [-0.05, 0) is 35.9 Å². The SMILES string of the molecule is COc1ccc(/C=C(\Cl)c2nc(-c3ccc(OC)cc3OC)no2)cc1. The first-order chi connectivity index (χ1) is 12.6. The summed E-state index contributed by atoms with van der Waals surface area (Å²) in [6, 6.07) is 12.8. The van der Waals surface area contributed by atoms with E-state index in [0.717, 1.165) is 11.3 Å². The summed E-state index contributed by atoms with van der Waals surface area (Å²) in [5.41, 5.74) is 1.56. The van der Waals surface area contributed by atoms with Crippen LogP contribution in [0.2, 0.25) is 0 Å². The zero-order valence-corrected chi connectivity index (χ0v) is 15.3. The molecule has 0 aliphatic carbocycles. The molecule has 3 rings (SSSR count). The van der Waals surface area contributed by atoms with Crippen molar-refractivity contribution in [2.75, 3.05) is 21.3 Å². The minimum absolute atomic E-state index is 0.218. The smallest absolute Gasteiger partial charge is 0.269 e. The summed E-state index contributed by atoms with van der Waals surface area (Å²) >= 11 is 6.32. The maximum atomic E-state index is 6.32. The van der Waals surface area contributed by atoms with E-state index in [4.69, 9.17) is 30.3 Å².